The van der Waals surface area contributed by atoms with Crippen molar-refractivity contribution in [3.05, 3.63) is 0 Å². The van der Waals surface area contributed by atoms with Crippen molar-refractivity contribution in [2.24, 2.45) is 0 Å². The SMILES string of the molecule is CCCCCCCCCC(=O)[O-].CCCCCCCCCC(=O)[O-].CCCC[CH](C)[In+2]. The van der Waals surface area contributed by atoms with E-state index >= 15 is 0 Å². The molecule has 0 fully saturated rings. The van der Waals surface area contributed by atoms with E-state index in [4.69, 9.17) is 0 Å². The van der Waals surface area contributed by atoms with Crippen molar-refractivity contribution < 1.29 is 19.8 Å². The molecule has 0 aliphatic heterocycles. The molecule has 1 unspecified atom stereocenters. The first-order valence-electron chi connectivity index (χ1n) is 13.0. The third kappa shape index (κ3) is 48.5. The van der Waals surface area contributed by atoms with Gasteiger partial charge in [-0.1, -0.05) is 90.9 Å². The molecule has 4 nitrogen and oxygen atoms in total. The summed E-state index contributed by atoms with van der Waals surface area (Å²) in [5.74, 6) is -1.83. The van der Waals surface area contributed by atoms with Crippen LogP contribution in [0.5, 0.6) is 0 Å². The average molecular weight is 543 g/mol. The molecule has 0 heterocycles. The average Bonchev–Trinajstić information content (AvgIpc) is 2.71. The molecular weight excluding hydrogens is 491 g/mol. The first-order valence-corrected chi connectivity index (χ1v) is 14.9. The minimum atomic E-state index is -0.913. The summed E-state index contributed by atoms with van der Waals surface area (Å²) in [6, 6.07) is 0. The Kier molecular flexibility index (Phi) is 36.5. The Morgan fingerprint density at radius 3 is 1.10 bits per heavy atom. The zero-order valence-electron chi connectivity index (χ0n) is 21.2. The normalized spacial score (nSPS) is 11.0. The van der Waals surface area contributed by atoms with Crippen LogP contribution in [0.4, 0.5) is 0 Å². The number of carboxylic acid groups (broad SMARTS) is 2. The number of rotatable bonds is 19. The van der Waals surface area contributed by atoms with E-state index in [1.807, 2.05) is 0 Å². The number of unbranched alkanes of at least 4 members (excludes halogenated alkanes) is 13. The molecule has 0 saturated carbocycles. The van der Waals surface area contributed by atoms with Crippen LogP contribution in [-0.2, 0) is 9.59 Å². The second-order valence-electron chi connectivity index (χ2n) is 8.61. The van der Waals surface area contributed by atoms with Gasteiger partial charge >= 0.3 is 61.2 Å². The van der Waals surface area contributed by atoms with Gasteiger partial charge in [0.15, 0.2) is 0 Å². The van der Waals surface area contributed by atoms with Crippen LogP contribution in [0.2, 0.25) is 3.67 Å². The summed E-state index contributed by atoms with van der Waals surface area (Å²) in [4.78, 5) is 20.0. The predicted octanol–water partition coefficient (Wildman–Crippen LogP) is 5.91. The van der Waals surface area contributed by atoms with Crippen molar-refractivity contribution >= 4 is 36.3 Å². The molecule has 5 heteroatoms. The van der Waals surface area contributed by atoms with Gasteiger partial charge in [-0.2, -0.15) is 0 Å². The Bertz CT molecular complexity index is 331. The minimum absolute atomic E-state index is 0.230. The Morgan fingerprint density at radius 1 is 0.581 bits per heavy atom. The van der Waals surface area contributed by atoms with Gasteiger partial charge in [-0.3, -0.25) is 0 Å². The van der Waals surface area contributed by atoms with Gasteiger partial charge in [-0.25, -0.2) is 0 Å². The molecule has 182 valence electrons. The van der Waals surface area contributed by atoms with E-state index < -0.39 is 11.9 Å². The number of carbonyl (C=O) groups is 2. The van der Waals surface area contributed by atoms with Gasteiger partial charge in [0.2, 0.25) is 0 Å². The molecule has 0 aromatic heterocycles. The second-order valence-corrected chi connectivity index (χ2v) is 11.9. The van der Waals surface area contributed by atoms with Crippen LogP contribution in [0.1, 0.15) is 150 Å². The summed E-state index contributed by atoms with van der Waals surface area (Å²) in [5.41, 5.74) is 0. The van der Waals surface area contributed by atoms with Crippen molar-refractivity contribution in [2.75, 3.05) is 0 Å². The quantitative estimate of drug-likeness (QED) is 0.190. The molecule has 0 N–H and O–H groups in total. The van der Waals surface area contributed by atoms with E-state index in [1.165, 1.54) is 108 Å². The maximum absolute atomic E-state index is 10.0. The van der Waals surface area contributed by atoms with E-state index in [2.05, 4.69) is 27.7 Å². The molecule has 31 heavy (non-hydrogen) atoms. The van der Waals surface area contributed by atoms with Crippen LogP contribution in [0.25, 0.3) is 0 Å². The van der Waals surface area contributed by atoms with Crippen molar-refractivity contribution in [1.29, 1.82) is 0 Å². The predicted molar refractivity (Wildman–Crippen MR) is 130 cm³/mol. The van der Waals surface area contributed by atoms with Crippen LogP contribution >= 0.6 is 0 Å². The molecule has 0 amide bonds. The summed E-state index contributed by atoms with van der Waals surface area (Å²) in [7, 11) is 0. The van der Waals surface area contributed by atoms with E-state index in [0.29, 0.717) is 0 Å². The zero-order valence-corrected chi connectivity index (χ0v) is 24.5. The standard InChI is InChI=1S/2C10H20O2.C6H13.In/c2*1-2-3-4-5-6-7-8-9-10(11)12;1-3-5-6-4-2;/h2*2-9H2,1H3,(H,11,12);3H,4-6H2,1-2H3;/q;;;+2/p-2. The van der Waals surface area contributed by atoms with Crippen molar-refractivity contribution in [3.8, 4) is 0 Å². The van der Waals surface area contributed by atoms with Gasteiger partial charge in [0.1, 0.15) is 0 Å². The Morgan fingerprint density at radius 2 is 0.871 bits per heavy atom. The van der Waals surface area contributed by atoms with E-state index in [9.17, 15) is 19.8 Å². The molecule has 0 spiro atoms. The van der Waals surface area contributed by atoms with Crippen molar-refractivity contribution in [1.82, 2.24) is 0 Å². The molecule has 0 rings (SSSR count). The molecule has 0 radical (unpaired) electrons. The summed E-state index contributed by atoms with van der Waals surface area (Å²) < 4.78 is 1.03. The molecule has 0 bridgehead atoms. The first kappa shape index (κ1) is 35.4. The zero-order chi connectivity index (χ0) is 24.2. The number of hydrogen-bond acceptors (Lipinski definition) is 4. The molecule has 0 aliphatic carbocycles. The van der Waals surface area contributed by atoms with Crippen molar-refractivity contribution in [3.63, 3.8) is 0 Å². The Hall–Kier alpha value is -0.190. The Balaban J connectivity index is -0.000000394. The fourth-order valence-electron chi connectivity index (χ4n) is 2.98. The monoisotopic (exact) mass is 542 g/mol. The van der Waals surface area contributed by atoms with Gasteiger partial charge < -0.3 is 19.8 Å². The van der Waals surface area contributed by atoms with Crippen LogP contribution in [-0.4, -0.2) is 36.3 Å². The van der Waals surface area contributed by atoms with Gasteiger partial charge in [-0.15, -0.1) is 0 Å². The number of carboxylic acids is 2. The van der Waals surface area contributed by atoms with Crippen LogP contribution in [0, 0.1) is 0 Å². The fourth-order valence-corrected chi connectivity index (χ4v) is 3.65. The van der Waals surface area contributed by atoms with Gasteiger partial charge in [0.25, 0.3) is 0 Å². The molecular formula is C26H51InO4. The van der Waals surface area contributed by atoms with E-state index in [0.717, 1.165) is 29.4 Å². The summed E-state index contributed by atoms with van der Waals surface area (Å²) >= 11 is 1.44. The maximum atomic E-state index is 10.0. The van der Waals surface area contributed by atoms with Crippen LogP contribution in [0.15, 0.2) is 0 Å². The van der Waals surface area contributed by atoms with Gasteiger partial charge in [0, 0.05) is 11.9 Å². The Labute approximate surface area is 208 Å². The number of carbonyl (C=O) groups excluding carboxylic acids is 2. The van der Waals surface area contributed by atoms with E-state index in [1.54, 1.807) is 0 Å². The van der Waals surface area contributed by atoms with Gasteiger partial charge in [-0.05, 0) is 25.7 Å². The van der Waals surface area contributed by atoms with Crippen LogP contribution in [0.3, 0.4) is 0 Å². The molecule has 0 aromatic rings. The molecule has 0 aliphatic rings. The van der Waals surface area contributed by atoms with Crippen molar-refractivity contribution in [2.45, 2.75) is 153 Å². The summed E-state index contributed by atoms with van der Waals surface area (Å²) in [5, 5.41) is 20.0. The van der Waals surface area contributed by atoms with Gasteiger partial charge in [0.05, 0.1) is 0 Å². The molecule has 0 aromatic carbocycles. The molecule has 1 atom stereocenters. The first-order chi connectivity index (χ1) is 14.8. The third-order valence-corrected chi connectivity index (χ3v) is 5.93. The summed E-state index contributed by atoms with van der Waals surface area (Å²) in [6.45, 7) is 8.97. The van der Waals surface area contributed by atoms with E-state index in [-0.39, 0.29) is 12.8 Å². The molecule has 0 saturated heterocycles. The number of aliphatic carboxylic acids is 2. The topological polar surface area (TPSA) is 80.3 Å². The number of hydrogen-bond donors (Lipinski definition) is 0. The van der Waals surface area contributed by atoms with Crippen LogP contribution < -0.4 is 10.2 Å². The summed E-state index contributed by atoms with van der Waals surface area (Å²) in [6.07, 6.45) is 20.9. The fraction of sp³-hybridized carbons (Fsp3) is 0.923. The second kappa shape index (κ2) is 32.0. The third-order valence-electron chi connectivity index (χ3n) is 4.98.